The molecule has 2 aromatic carbocycles. The highest BCUT2D eigenvalue weighted by atomic mass is 79.9. The van der Waals surface area contributed by atoms with E-state index in [9.17, 15) is 5.11 Å². The first-order chi connectivity index (χ1) is 11.4. The monoisotopic (exact) mass is 389 g/mol. The zero-order valence-electron chi connectivity index (χ0n) is 14.3. The van der Waals surface area contributed by atoms with Gasteiger partial charge in [0.2, 0.25) is 0 Å². The molecule has 2 unspecified atom stereocenters. The Kier molecular flexibility index (Phi) is 5.00. The topological polar surface area (TPSA) is 41.5 Å². The smallest absolute Gasteiger partial charge is 0.131 e. The van der Waals surface area contributed by atoms with Gasteiger partial charge in [-0.05, 0) is 57.0 Å². The summed E-state index contributed by atoms with van der Waals surface area (Å²) < 4.78 is 7.11. The Bertz CT molecular complexity index is 715. The van der Waals surface area contributed by atoms with Gasteiger partial charge in [-0.3, -0.25) is 0 Å². The molecule has 0 aliphatic carbocycles. The Hall–Kier alpha value is -1.36. The van der Waals surface area contributed by atoms with Gasteiger partial charge >= 0.3 is 0 Å². The van der Waals surface area contributed by atoms with Crippen molar-refractivity contribution in [3.8, 4) is 5.75 Å². The number of ether oxygens (including phenoxy) is 1. The predicted molar refractivity (Wildman–Crippen MR) is 100 cm³/mol. The molecule has 2 atom stereocenters. The van der Waals surface area contributed by atoms with E-state index in [2.05, 4.69) is 45.5 Å². The quantitative estimate of drug-likeness (QED) is 0.824. The van der Waals surface area contributed by atoms with E-state index in [1.54, 1.807) is 0 Å². The molecule has 0 spiro atoms. The minimum Gasteiger partial charge on any atom is -0.484 e. The number of aryl methyl sites for hydroxylation is 1. The highest BCUT2D eigenvalue weighted by Crippen LogP contribution is 2.43. The summed E-state index contributed by atoms with van der Waals surface area (Å²) in [4.78, 5) is 0. The van der Waals surface area contributed by atoms with E-state index in [-0.39, 0.29) is 6.04 Å². The number of hydrogen-bond donors (Lipinski definition) is 2. The van der Waals surface area contributed by atoms with Crippen LogP contribution in [0.3, 0.4) is 0 Å². The molecule has 2 N–H and O–H groups in total. The minimum absolute atomic E-state index is 0.149. The number of hydrogen-bond acceptors (Lipinski definition) is 3. The van der Waals surface area contributed by atoms with Crippen LogP contribution < -0.4 is 10.1 Å². The Morgan fingerprint density at radius 1 is 1.21 bits per heavy atom. The van der Waals surface area contributed by atoms with Crippen LogP contribution in [0.15, 0.2) is 46.9 Å². The zero-order chi connectivity index (χ0) is 17.3. The van der Waals surface area contributed by atoms with Crippen molar-refractivity contribution in [2.24, 2.45) is 0 Å². The third-order valence-corrected chi connectivity index (χ3v) is 5.07. The van der Waals surface area contributed by atoms with Gasteiger partial charge < -0.3 is 15.2 Å². The molecule has 3 nitrogen and oxygen atoms in total. The van der Waals surface area contributed by atoms with E-state index in [1.165, 1.54) is 5.56 Å². The molecule has 0 fully saturated rings. The molecule has 1 aliphatic heterocycles. The maximum absolute atomic E-state index is 10.8. The van der Waals surface area contributed by atoms with Crippen LogP contribution in [0.2, 0.25) is 0 Å². The molecule has 0 radical (unpaired) electrons. The lowest BCUT2D eigenvalue weighted by atomic mass is 9.85. The van der Waals surface area contributed by atoms with Crippen molar-refractivity contribution in [3.63, 3.8) is 0 Å². The second-order valence-electron chi connectivity index (χ2n) is 6.96. The summed E-state index contributed by atoms with van der Waals surface area (Å²) in [5, 5.41) is 14.4. The molecule has 1 aliphatic rings. The van der Waals surface area contributed by atoms with Crippen LogP contribution in [-0.4, -0.2) is 23.4 Å². The van der Waals surface area contributed by atoms with E-state index >= 15 is 0 Å². The fourth-order valence-electron chi connectivity index (χ4n) is 3.26. The second kappa shape index (κ2) is 6.87. The van der Waals surface area contributed by atoms with Crippen LogP contribution >= 0.6 is 15.9 Å². The molecule has 1 heterocycles. The third kappa shape index (κ3) is 3.51. The summed E-state index contributed by atoms with van der Waals surface area (Å²) >= 11 is 3.56. The van der Waals surface area contributed by atoms with Crippen LogP contribution in [0.5, 0.6) is 5.75 Å². The summed E-state index contributed by atoms with van der Waals surface area (Å²) in [6.07, 6.45) is 0.308. The number of benzene rings is 2. The highest BCUT2D eigenvalue weighted by Gasteiger charge is 2.43. The molecule has 0 saturated heterocycles. The van der Waals surface area contributed by atoms with Gasteiger partial charge in [-0.2, -0.15) is 0 Å². The first kappa shape index (κ1) is 17.5. The lowest BCUT2D eigenvalue weighted by molar-refractivity contribution is -0.0648. The largest absolute Gasteiger partial charge is 0.484 e. The SMILES string of the molecule is Cc1cc(Br)cc2c1OC(C)(C)C(O)C2NCCc1ccccc1. The summed E-state index contributed by atoms with van der Waals surface area (Å²) in [5.41, 5.74) is 2.75. The minimum atomic E-state index is -0.629. The molecule has 0 saturated carbocycles. The number of nitrogens with one attached hydrogen (secondary N) is 1. The average molecular weight is 390 g/mol. The number of fused-ring (bicyclic) bond motifs is 1. The van der Waals surface area contributed by atoms with Gasteiger partial charge in [-0.25, -0.2) is 0 Å². The van der Waals surface area contributed by atoms with Gasteiger partial charge in [0, 0.05) is 10.0 Å². The Labute approximate surface area is 152 Å². The summed E-state index contributed by atoms with van der Waals surface area (Å²) in [7, 11) is 0. The summed E-state index contributed by atoms with van der Waals surface area (Å²) in [6.45, 7) is 6.72. The molecule has 0 bridgehead atoms. The standard InChI is InChI=1S/C20H24BrNO2/c1-13-11-15(21)12-16-17(19(23)20(2,3)24-18(13)16)22-10-9-14-7-5-4-6-8-14/h4-8,11-12,17,19,22-23H,9-10H2,1-3H3. The lowest BCUT2D eigenvalue weighted by Crippen LogP contribution is -2.53. The fourth-order valence-corrected chi connectivity index (χ4v) is 3.85. The lowest BCUT2D eigenvalue weighted by Gasteiger charge is -2.43. The van der Waals surface area contributed by atoms with Gasteiger partial charge in [0.05, 0.1) is 6.04 Å². The van der Waals surface area contributed by atoms with Gasteiger partial charge in [0.15, 0.2) is 0 Å². The first-order valence-electron chi connectivity index (χ1n) is 8.33. The maximum Gasteiger partial charge on any atom is 0.131 e. The maximum atomic E-state index is 10.8. The van der Waals surface area contributed by atoms with Gasteiger partial charge in [0.25, 0.3) is 0 Å². The number of halogens is 1. The molecule has 4 heteroatoms. The van der Waals surface area contributed by atoms with E-state index in [1.807, 2.05) is 39.0 Å². The first-order valence-corrected chi connectivity index (χ1v) is 9.12. The van der Waals surface area contributed by atoms with Gasteiger partial charge in [-0.15, -0.1) is 0 Å². The Balaban J connectivity index is 1.83. The molecular formula is C20H24BrNO2. The fraction of sp³-hybridized carbons (Fsp3) is 0.400. The van der Waals surface area contributed by atoms with Crippen LogP contribution in [0, 0.1) is 6.92 Å². The van der Waals surface area contributed by atoms with Crippen molar-refractivity contribution in [1.29, 1.82) is 0 Å². The third-order valence-electron chi connectivity index (χ3n) is 4.62. The molecular weight excluding hydrogens is 366 g/mol. The molecule has 0 amide bonds. The van der Waals surface area contributed by atoms with Crippen molar-refractivity contribution in [2.45, 2.75) is 44.9 Å². The van der Waals surface area contributed by atoms with Crippen LogP contribution in [0.1, 0.15) is 36.6 Å². The number of aliphatic hydroxyl groups excluding tert-OH is 1. The summed E-state index contributed by atoms with van der Waals surface area (Å²) in [5.74, 6) is 0.880. The van der Waals surface area contributed by atoms with Gasteiger partial charge in [0.1, 0.15) is 17.5 Å². The van der Waals surface area contributed by atoms with Crippen molar-refractivity contribution < 1.29 is 9.84 Å². The second-order valence-corrected chi connectivity index (χ2v) is 7.87. The molecule has 2 aromatic rings. The van der Waals surface area contributed by atoms with Gasteiger partial charge in [-0.1, -0.05) is 46.3 Å². The number of aliphatic hydroxyl groups is 1. The van der Waals surface area contributed by atoms with Crippen molar-refractivity contribution in [2.75, 3.05) is 6.54 Å². The molecule has 0 aromatic heterocycles. The van der Waals surface area contributed by atoms with Crippen LogP contribution in [0.25, 0.3) is 0 Å². The molecule has 3 rings (SSSR count). The Morgan fingerprint density at radius 3 is 2.62 bits per heavy atom. The van der Waals surface area contributed by atoms with Crippen molar-refractivity contribution >= 4 is 15.9 Å². The molecule has 24 heavy (non-hydrogen) atoms. The number of rotatable bonds is 4. The predicted octanol–water partition coefficient (Wildman–Crippen LogP) is 4.16. The van der Waals surface area contributed by atoms with Crippen molar-refractivity contribution in [1.82, 2.24) is 5.32 Å². The van der Waals surface area contributed by atoms with E-state index < -0.39 is 11.7 Å². The van der Waals surface area contributed by atoms with E-state index in [4.69, 9.17) is 4.74 Å². The normalized spacial score (nSPS) is 21.9. The zero-order valence-corrected chi connectivity index (χ0v) is 15.9. The van der Waals surface area contributed by atoms with E-state index in [0.717, 1.165) is 34.3 Å². The average Bonchev–Trinajstić information content (AvgIpc) is 2.53. The van der Waals surface area contributed by atoms with Crippen molar-refractivity contribution in [3.05, 3.63) is 63.6 Å². The summed E-state index contributed by atoms with van der Waals surface area (Å²) in [6, 6.07) is 14.3. The van der Waals surface area contributed by atoms with E-state index in [0.29, 0.717) is 0 Å². The van der Waals surface area contributed by atoms with Crippen LogP contribution in [0.4, 0.5) is 0 Å². The Morgan fingerprint density at radius 2 is 1.92 bits per heavy atom. The highest BCUT2D eigenvalue weighted by molar-refractivity contribution is 9.10. The molecule has 128 valence electrons. The van der Waals surface area contributed by atoms with Crippen LogP contribution in [-0.2, 0) is 6.42 Å².